The first kappa shape index (κ1) is 19.6. The zero-order valence-electron chi connectivity index (χ0n) is 15.3. The number of sulfonamides is 1. The maximum atomic E-state index is 12.7. The lowest BCUT2D eigenvalue weighted by molar-refractivity contribution is 0.102. The molecule has 2 N–H and O–H groups in total. The monoisotopic (exact) mass is 431 g/mol. The highest BCUT2D eigenvalue weighted by molar-refractivity contribution is 7.89. The van der Waals surface area contributed by atoms with Gasteiger partial charge in [0, 0.05) is 24.0 Å². The molecule has 9 heteroatoms. The molecule has 1 saturated heterocycles. The van der Waals surface area contributed by atoms with Gasteiger partial charge in [0.2, 0.25) is 10.0 Å². The molecule has 1 amide bonds. The standard InChI is InChI=1S/C20H18ClN3O4S/c21-19-8-4-13-11-14(3-6-16(13)22-19)20(26)23-17-12-15(5-7-18(17)25)29(27,28)24-9-1-2-10-24/h3-8,11-12,25H,1-2,9-10H2,(H,23,26). The molecular weight excluding hydrogens is 414 g/mol. The number of fused-ring (bicyclic) bond motifs is 1. The minimum Gasteiger partial charge on any atom is -0.506 e. The van der Waals surface area contributed by atoms with Gasteiger partial charge in [-0.1, -0.05) is 11.6 Å². The van der Waals surface area contributed by atoms with E-state index in [1.54, 1.807) is 30.3 Å². The van der Waals surface area contributed by atoms with Crippen LogP contribution in [0.2, 0.25) is 5.15 Å². The van der Waals surface area contributed by atoms with Crippen molar-refractivity contribution in [2.75, 3.05) is 18.4 Å². The number of nitrogens with one attached hydrogen (secondary N) is 1. The topological polar surface area (TPSA) is 99.6 Å². The van der Waals surface area contributed by atoms with Crippen LogP contribution < -0.4 is 5.32 Å². The molecular formula is C20H18ClN3O4S. The molecule has 3 aromatic rings. The zero-order chi connectivity index (χ0) is 20.6. The van der Waals surface area contributed by atoms with E-state index in [0.717, 1.165) is 18.2 Å². The fourth-order valence-electron chi connectivity index (χ4n) is 3.29. The molecule has 1 aliphatic rings. The maximum Gasteiger partial charge on any atom is 0.255 e. The number of carbonyl (C=O) groups is 1. The van der Waals surface area contributed by atoms with Crippen LogP contribution in [0.15, 0.2) is 53.4 Å². The second-order valence-electron chi connectivity index (χ2n) is 6.79. The number of rotatable bonds is 4. The van der Waals surface area contributed by atoms with E-state index in [0.29, 0.717) is 29.3 Å². The van der Waals surface area contributed by atoms with E-state index in [1.807, 2.05) is 0 Å². The van der Waals surface area contributed by atoms with Crippen molar-refractivity contribution in [3.05, 3.63) is 59.2 Å². The Morgan fingerprint density at radius 1 is 1.07 bits per heavy atom. The fourth-order valence-corrected chi connectivity index (χ4v) is 4.99. The second kappa shape index (κ2) is 7.62. The summed E-state index contributed by atoms with van der Waals surface area (Å²) in [5.74, 6) is -0.694. The average molecular weight is 432 g/mol. The molecule has 0 saturated carbocycles. The van der Waals surface area contributed by atoms with Crippen LogP contribution in [-0.2, 0) is 10.0 Å². The first-order valence-corrected chi connectivity index (χ1v) is 10.9. The van der Waals surface area contributed by atoms with Crippen molar-refractivity contribution in [2.45, 2.75) is 17.7 Å². The molecule has 0 spiro atoms. The van der Waals surface area contributed by atoms with Crippen LogP contribution in [0.1, 0.15) is 23.2 Å². The molecule has 29 heavy (non-hydrogen) atoms. The number of amides is 1. The van der Waals surface area contributed by atoms with Crippen LogP contribution in [0.5, 0.6) is 5.75 Å². The Morgan fingerprint density at radius 2 is 1.83 bits per heavy atom. The average Bonchev–Trinajstić information content (AvgIpc) is 3.25. The van der Waals surface area contributed by atoms with Crippen LogP contribution in [0.4, 0.5) is 5.69 Å². The van der Waals surface area contributed by atoms with E-state index in [9.17, 15) is 18.3 Å². The fraction of sp³-hybridized carbons (Fsp3) is 0.200. The molecule has 7 nitrogen and oxygen atoms in total. The van der Waals surface area contributed by atoms with Gasteiger partial charge in [-0.2, -0.15) is 4.31 Å². The van der Waals surface area contributed by atoms with Crippen molar-refractivity contribution in [1.82, 2.24) is 9.29 Å². The van der Waals surface area contributed by atoms with Gasteiger partial charge in [-0.3, -0.25) is 4.79 Å². The van der Waals surface area contributed by atoms with E-state index in [-0.39, 0.29) is 16.3 Å². The Labute approximate surface area is 173 Å². The van der Waals surface area contributed by atoms with E-state index in [2.05, 4.69) is 10.3 Å². The third-order valence-electron chi connectivity index (χ3n) is 4.84. The summed E-state index contributed by atoms with van der Waals surface area (Å²) in [6.07, 6.45) is 1.64. The highest BCUT2D eigenvalue weighted by Crippen LogP contribution is 2.30. The number of aromatic nitrogens is 1. The molecule has 0 radical (unpaired) electrons. The molecule has 2 aromatic carbocycles. The van der Waals surface area contributed by atoms with Gasteiger partial charge in [-0.05, 0) is 61.4 Å². The Hall–Kier alpha value is -2.68. The number of aromatic hydroxyl groups is 1. The molecule has 0 bridgehead atoms. The highest BCUT2D eigenvalue weighted by Gasteiger charge is 2.28. The summed E-state index contributed by atoms with van der Waals surface area (Å²) in [7, 11) is -3.66. The Balaban J connectivity index is 1.62. The Kier molecular flexibility index (Phi) is 5.16. The number of phenols is 1. The first-order chi connectivity index (χ1) is 13.8. The van der Waals surface area contributed by atoms with Crippen LogP contribution >= 0.6 is 11.6 Å². The number of phenolic OH excluding ortho intramolecular Hbond substituents is 1. The van der Waals surface area contributed by atoms with Gasteiger partial charge < -0.3 is 10.4 Å². The molecule has 0 aliphatic carbocycles. The summed E-state index contributed by atoms with van der Waals surface area (Å²) in [4.78, 5) is 16.9. The Bertz CT molecular complexity index is 1210. The van der Waals surface area contributed by atoms with E-state index < -0.39 is 15.9 Å². The van der Waals surface area contributed by atoms with Crippen molar-refractivity contribution < 1.29 is 18.3 Å². The summed E-state index contributed by atoms with van der Waals surface area (Å²) >= 11 is 5.87. The summed E-state index contributed by atoms with van der Waals surface area (Å²) in [5, 5.41) is 13.8. The molecule has 1 aliphatic heterocycles. The number of nitrogens with zero attached hydrogens (tertiary/aromatic N) is 2. The highest BCUT2D eigenvalue weighted by atomic mass is 35.5. The number of anilines is 1. The zero-order valence-corrected chi connectivity index (χ0v) is 16.9. The number of hydrogen-bond acceptors (Lipinski definition) is 5. The molecule has 4 rings (SSSR count). The lowest BCUT2D eigenvalue weighted by Crippen LogP contribution is -2.28. The maximum absolute atomic E-state index is 12.7. The van der Waals surface area contributed by atoms with Crippen molar-refractivity contribution >= 4 is 44.1 Å². The van der Waals surface area contributed by atoms with Crippen LogP contribution in [0.25, 0.3) is 10.9 Å². The van der Waals surface area contributed by atoms with Gasteiger partial charge in [0.15, 0.2) is 0 Å². The molecule has 1 aromatic heterocycles. The SMILES string of the molecule is O=C(Nc1cc(S(=O)(=O)N2CCCC2)ccc1O)c1ccc2nc(Cl)ccc2c1. The third kappa shape index (κ3) is 3.91. The number of pyridine rings is 1. The minimum absolute atomic E-state index is 0.0320. The van der Waals surface area contributed by atoms with Crippen LogP contribution in [-0.4, -0.2) is 41.8 Å². The normalized spacial score (nSPS) is 14.9. The number of hydrogen-bond donors (Lipinski definition) is 2. The smallest absolute Gasteiger partial charge is 0.255 e. The van der Waals surface area contributed by atoms with E-state index in [4.69, 9.17) is 11.6 Å². The van der Waals surface area contributed by atoms with Crippen molar-refractivity contribution in [1.29, 1.82) is 0 Å². The minimum atomic E-state index is -3.66. The molecule has 2 heterocycles. The van der Waals surface area contributed by atoms with Gasteiger partial charge in [0.25, 0.3) is 5.91 Å². The van der Waals surface area contributed by atoms with Gasteiger partial charge in [0.1, 0.15) is 10.9 Å². The lowest BCUT2D eigenvalue weighted by atomic mass is 10.1. The second-order valence-corrected chi connectivity index (χ2v) is 9.11. The summed E-state index contributed by atoms with van der Waals surface area (Å²) in [6, 6.07) is 12.2. The predicted molar refractivity (Wildman–Crippen MR) is 111 cm³/mol. The quantitative estimate of drug-likeness (QED) is 0.485. The number of halogens is 1. The van der Waals surface area contributed by atoms with Crippen molar-refractivity contribution in [3.8, 4) is 5.75 Å². The summed E-state index contributed by atoms with van der Waals surface area (Å²) in [6.45, 7) is 0.945. The van der Waals surface area contributed by atoms with Gasteiger partial charge >= 0.3 is 0 Å². The van der Waals surface area contributed by atoms with Crippen molar-refractivity contribution in [2.24, 2.45) is 0 Å². The first-order valence-electron chi connectivity index (χ1n) is 9.05. The number of carbonyl (C=O) groups excluding carboxylic acids is 1. The van der Waals surface area contributed by atoms with Crippen LogP contribution in [0, 0.1) is 0 Å². The van der Waals surface area contributed by atoms with E-state index in [1.165, 1.54) is 22.5 Å². The van der Waals surface area contributed by atoms with Crippen molar-refractivity contribution in [3.63, 3.8) is 0 Å². The van der Waals surface area contributed by atoms with Gasteiger partial charge in [-0.25, -0.2) is 13.4 Å². The van der Waals surface area contributed by atoms with Gasteiger partial charge in [0.05, 0.1) is 16.1 Å². The van der Waals surface area contributed by atoms with Gasteiger partial charge in [-0.15, -0.1) is 0 Å². The van der Waals surface area contributed by atoms with Crippen LogP contribution in [0.3, 0.4) is 0 Å². The Morgan fingerprint density at radius 3 is 2.59 bits per heavy atom. The van der Waals surface area contributed by atoms with E-state index >= 15 is 0 Å². The number of benzene rings is 2. The molecule has 1 fully saturated rings. The largest absolute Gasteiger partial charge is 0.506 e. The lowest BCUT2D eigenvalue weighted by Gasteiger charge is -2.16. The third-order valence-corrected chi connectivity index (χ3v) is 6.94. The molecule has 0 unspecified atom stereocenters. The molecule has 150 valence electrons. The predicted octanol–water partition coefficient (Wildman–Crippen LogP) is 3.63. The molecule has 0 atom stereocenters. The summed E-state index contributed by atoms with van der Waals surface area (Å²) < 4.78 is 26.9. The summed E-state index contributed by atoms with van der Waals surface area (Å²) in [5.41, 5.74) is 1.02.